The summed E-state index contributed by atoms with van der Waals surface area (Å²) in [6, 6.07) is 3.96. The number of carbonyl (C=O) groups is 4. The van der Waals surface area contributed by atoms with Gasteiger partial charge in [0.2, 0.25) is 11.8 Å². The summed E-state index contributed by atoms with van der Waals surface area (Å²) >= 11 is 0. The van der Waals surface area contributed by atoms with Gasteiger partial charge in [0.1, 0.15) is 12.1 Å². The van der Waals surface area contributed by atoms with E-state index in [0.717, 1.165) is 12.5 Å². The van der Waals surface area contributed by atoms with E-state index in [4.69, 9.17) is 16.6 Å². The van der Waals surface area contributed by atoms with Crippen LogP contribution in [0.2, 0.25) is 0 Å². The Labute approximate surface area is 179 Å². The Morgan fingerprint density at radius 3 is 2.23 bits per heavy atom. The van der Waals surface area contributed by atoms with Crippen LogP contribution in [0.1, 0.15) is 38.2 Å². The number of benzene rings is 1. The van der Waals surface area contributed by atoms with Crippen molar-refractivity contribution < 1.29 is 29.4 Å². The quantitative estimate of drug-likeness (QED) is 0.154. The number of rotatable bonds is 12. The summed E-state index contributed by atoms with van der Waals surface area (Å²) in [4.78, 5) is 50.8. The summed E-state index contributed by atoms with van der Waals surface area (Å²) < 4.78 is 0. The number of carbonyl (C=O) groups excluding carboxylic acids is 2. The molecule has 11 heteroatoms. The third kappa shape index (κ3) is 9.92. The van der Waals surface area contributed by atoms with E-state index in [1.807, 2.05) is 6.92 Å². The zero-order chi connectivity index (χ0) is 23.4. The maximum absolute atomic E-state index is 12.4. The van der Waals surface area contributed by atoms with Gasteiger partial charge in [-0.3, -0.25) is 14.4 Å². The van der Waals surface area contributed by atoms with Crippen molar-refractivity contribution in [1.82, 2.24) is 10.6 Å². The average molecular weight is 433 g/mol. The van der Waals surface area contributed by atoms with E-state index >= 15 is 0 Å². The highest BCUT2D eigenvalue weighted by Gasteiger charge is 2.27. The van der Waals surface area contributed by atoms with E-state index in [9.17, 15) is 24.3 Å². The molecule has 0 fully saturated rings. The lowest BCUT2D eigenvalue weighted by molar-refractivity contribution is -0.143. The minimum atomic E-state index is -1.43. The van der Waals surface area contributed by atoms with Crippen LogP contribution in [0.4, 0.5) is 5.69 Å². The van der Waals surface area contributed by atoms with Gasteiger partial charge in [0.15, 0.2) is 5.96 Å². The minimum absolute atomic E-state index is 0.0924. The maximum Gasteiger partial charge on any atom is 0.326 e. The standard InChI is InChI=1S/C20H27N5O6/c1-2-3-4-14(19(30)31)25-18(29)15(11-17(27)28)24-16(26)10-7-12-5-8-13(9-6-12)23-20(21)22/h5-10,14-15H,2-4,11H2,1H3,(H,24,26)(H,25,29)(H,27,28)(H,30,31)(H4,21,22,23)/t14-,15-/m0/s1. The highest BCUT2D eigenvalue weighted by Crippen LogP contribution is 2.13. The highest BCUT2D eigenvalue weighted by molar-refractivity contribution is 5.97. The molecule has 0 spiro atoms. The zero-order valence-corrected chi connectivity index (χ0v) is 17.1. The molecular formula is C20H27N5O6. The van der Waals surface area contributed by atoms with Crippen LogP contribution >= 0.6 is 0 Å². The average Bonchev–Trinajstić information content (AvgIpc) is 2.69. The number of nitrogens with one attached hydrogen (secondary N) is 2. The van der Waals surface area contributed by atoms with Gasteiger partial charge in [0, 0.05) is 6.08 Å². The molecule has 0 aromatic heterocycles. The fourth-order valence-corrected chi connectivity index (χ4v) is 2.52. The number of amides is 2. The third-order valence-corrected chi connectivity index (χ3v) is 4.05. The van der Waals surface area contributed by atoms with Gasteiger partial charge in [0.25, 0.3) is 0 Å². The van der Waals surface area contributed by atoms with Crippen molar-refractivity contribution in [2.45, 2.75) is 44.7 Å². The summed E-state index contributed by atoms with van der Waals surface area (Å²) in [5.41, 5.74) is 11.7. The molecule has 11 nitrogen and oxygen atoms in total. The van der Waals surface area contributed by atoms with Gasteiger partial charge in [-0.25, -0.2) is 9.79 Å². The predicted octanol–water partition coefficient (Wildman–Crippen LogP) is 0.324. The molecule has 1 aromatic rings. The number of aliphatic imine (C=N–C) groups is 1. The fraction of sp³-hybridized carbons (Fsp3) is 0.350. The van der Waals surface area contributed by atoms with Crippen LogP contribution in [0.25, 0.3) is 6.08 Å². The van der Waals surface area contributed by atoms with Crippen LogP contribution in [-0.2, 0) is 19.2 Å². The Bertz CT molecular complexity index is 846. The molecule has 0 heterocycles. The van der Waals surface area contributed by atoms with Crippen molar-refractivity contribution in [3.05, 3.63) is 35.9 Å². The van der Waals surface area contributed by atoms with Crippen LogP contribution in [0, 0.1) is 0 Å². The number of nitrogens with two attached hydrogens (primary N) is 2. The Morgan fingerprint density at radius 2 is 1.71 bits per heavy atom. The first-order valence-corrected chi connectivity index (χ1v) is 9.55. The van der Waals surface area contributed by atoms with Gasteiger partial charge in [-0.2, -0.15) is 0 Å². The molecule has 168 valence electrons. The molecule has 31 heavy (non-hydrogen) atoms. The molecule has 0 saturated heterocycles. The van der Waals surface area contributed by atoms with Crippen LogP contribution < -0.4 is 22.1 Å². The van der Waals surface area contributed by atoms with Crippen molar-refractivity contribution in [3.8, 4) is 0 Å². The number of carboxylic acid groups (broad SMARTS) is 2. The first-order valence-electron chi connectivity index (χ1n) is 9.55. The van der Waals surface area contributed by atoms with Gasteiger partial charge >= 0.3 is 11.9 Å². The molecule has 8 N–H and O–H groups in total. The Morgan fingerprint density at radius 1 is 1.06 bits per heavy atom. The van der Waals surface area contributed by atoms with E-state index in [-0.39, 0.29) is 12.4 Å². The van der Waals surface area contributed by atoms with Gasteiger partial charge in [0.05, 0.1) is 12.1 Å². The topological polar surface area (TPSA) is 197 Å². The van der Waals surface area contributed by atoms with Crippen molar-refractivity contribution in [1.29, 1.82) is 0 Å². The van der Waals surface area contributed by atoms with E-state index in [1.165, 1.54) is 6.08 Å². The Hall–Kier alpha value is -3.89. The molecule has 0 radical (unpaired) electrons. The van der Waals surface area contributed by atoms with Crippen molar-refractivity contribution >= 4 is 41.5 Å². The normalized spacial score (nSPS) is 12.5. The smallest absolute Gasteiger partial charge is 0.326 e. The molecule has 0 unspecified atom stereocenters. The maximum atomic E-state index is 12.4. The largest absolute Gasteiger partial charge is 0.481 e. The number of guanidine groups is 1. The molecule has 1 rings (SSSR count). The van der Waals surface area contributed by atoms with Crippen molar-refractivity contribution in [3.63, 3.8) is 0 Å². The summed E-state index contributed by atoms with van der Waals surface area (Å²) in [6.45, 7) is 1.87. The van der Waals surface area contributed by atoms with E-state index in [0.29, 0.717) is 17.7 Å². The van der Waals surface area contributed by atoms with Crippen LogP contribution in [0.15, 0.2) is 35.3 Å². The van der Waals surface area contributed by atoms with Crippen molar-refractivity contribution in [2.24, 2.45) is 16.5 Å². The monoisotopic (exact) mass is 433 g/mol. The van der Waals surface area contributed by atoms with Gasteiger partial charge in [-0.15, -0.1) is 0 Å². The Kier molecular flexibility index (Phi) is 10.2. The first kappa shape index (κ1) is 25.1. The second-order valence-electron chi connectivity index (χ2n) is 6.66. The van der Waals surface area contributed by atoms with Gasteiger partial charge < -0.3 is 32.3 Å². The number of nitrogens with zero attached hydrogens (tertiary/aromatic N) is 1. The number of hydrogen-bond acceptors (Lipinski definition) is 5. The summed E-state index contributed by atoms with van der Waals surface area (Å²) in [7, 11) is 0. The predicted molar refractivity (Wildman–Crippen MR) is 114 cm³/mol. The number of aliphatic carboxylic acids is 2. The van der Waals surface area contributed by atoms with Crippen molar-refractivity contribution in [2.75, 3.05) is 0 Å². The zero-order valence-electron chi connectivity index (χ0n) is 17.1. The highest BCUT2D eigenvalue weighted by atomic mass is 16.4. The molecule has 0 saturated carbocycles. The lowest BCUT2D eigenvalue weighted by Crippen LogP contribution is -2.52. The molecule has 1 aromatic carbocycles. The second-order valence-corrected chi connectivity index (χ2v) is 6.66. The van der Waals surface area contributed by atoms with Crippen LogP contribution in [0.5, 0.6) is 0 Å². The lowest BCUT2D eigenvalue weighted by atomic mass is 10.1. The minimum Gasteiger partial charge on any atom is -0.481 e. The third-order valence-electron chi connectivity index (χ3n) is 4.05. The lowest BCUT2D eigenvalue weighted by Gasteiger charge is -2.19. The number of unbranched alkanes of at least 4 members (excludes halogenated alkanes) is 1. The van der Waals surface area contributed by atoms with Gasteiger partial charge in [-0.1, -0.05) is 31.9 Å². The molecular weight excluding hydrogens is 406 g/mol. The summed E-state index contributed by atoms with van der Waals surface area (Å²) in [5, 5.41) is 22.8. The van der Waals surface area contributed by atoms with E-state index in [1.54, 1.807) is 24.3 Å². The molecule has 2 atom stereocenters. The summed E-state index contributed by atoms with van der Waals surface area (Å²) in [5.74, 6) is -4.24. The Balaban J connectivity index is 2.81. The fourth-order valence-electron chi connectivity index (χ4n) is 2.52. The van der Waals surface area contributed by atoms with Crippen LogP contribution in [0.3, 0.4) is 0 Å². The van der Waals surface area contributed by atoms with Crippen LogP contribution in [-0.4, -0.2) is 52.0 Å². The summed E-state index contributed by atoms with van der Waals surface area (Å²) in [6.07, 6.45) is 3.37. The SMILES string of the molecule is CCCC[C@H](NC(=O)[C@H](CC(=O)O)NC(=O)C=Cc1ccc(N=C(N)N)cc1)C(=O)O. The molecule has 0 aliphatic heterocycles. The van der Waals surface area contributed by atoms with E-state index in [2.05, 4.69) is 15.6 Å². The molecule has 0 aliphatic carbocycles. The number of hydrogen-bond donors (Lipinski definition) is 6. The van der Waals surface area contributed by atoms with E-state index < -0.39 is 42.3 Å². The first-order chi connectivity index (χ1) is 14.6. The second kappa shape index (κ2) is 12.6. The molecule has 0 aliphatic rings. The number of carboxylic acids is 2. The van der Waals surface area contributed by atoms with Gasteiger partial charge in [-0.05, 0) is 30.2 Å². The molecule has 0 bridgehead atoms. The molecule has 2 amide bonds.